The van der Waals surface area contributed by atoms with Gasteiger partial charge < -0.3 is 9.47 Å². The number of ether oxygens (including phenoxy) is 2. The molecule has 0 bridgehead atoms. The van der Waals surface area contributed by atoms with Crippen LogP contribution in [0.25, 0.3) is 0 Å². The van der Waals surface area contributed by atoms with Gasteiger partial charge in [-0.25, -0.2) is 9.59 Å². The van der Waals surface area contributed by atoms with Gasteiger partial charge in [-0.05, 0) is 36.4 Å². The van der Waals surface area contributed by atoms with E-state index in [9.17, 15) is 9.59 Å². The Bertz CT molecular complexity index is 1200. The monoisotopic (exact) mass is 496 g/mol. The molecule has 0 aliphatic rings. The molecule has 2 aromatic carbocycles. The third kappa shape index (κ3) is 6.16. The summed E-state index contributed by atoms with van der Waals surface area (Å²) in [6.07, 6.45) is 1.46. The van der Waals surface area contributed by atoms with Crippen LogP contribution in [-0.2, 0) is 16.1 Å². The van der Waals surface area contributed by atoms with E-state index in [0.29, 0.717) is 21.3 Å². The number of carbonyl (C=O) groups excluding carboxylic acids is 2. The van der Waals surface area contributed by atoms with Crippen LogP contribution in [0.5, 0.6) is 0 Å². The summed E-state index contributed by atoms with van der Waals surface area (Å²) >= 11 is 23.6. The van der Waals surface area contributed by atoms with Crippen molar-refractivity contribution < 1.29 is 19.1 Å². The molecule has 0 saturated heterocycles. The maximum atomic E-state index is 12.2. The highest BCUT2D eigenvalue weighted by molar-refractivity contribution is 6.37. The zero-order valence-electron chi connectivity index (χ0n) is 15.5. The van der Waals surface area contributed by atoms with E-state index in [1.807, 2.05) is 0 Å². The number of rotatable bonds is 5. The Morgan fingerprint density at radius 3 is 2.06 bits per heavy atom. The lowest BCUT2D eigenvalue weighted by Crippen LogP contribution is -2.07. The Hall–Kier alpha value is -2.69. The Labute approximate surface area is 197 Å². The normalized spacial score (nSPS) is 10.2. The Balaban J connectivity index is 1.57. The summed E-state index contributed by atoms with van der Waals surface area (Å²) in [5.74, 6) is 4.24. The van der Waals surface area contributed by atoms with E-state index in [4.69, 9.17) is 55.9 Å². The average molecular weight is 498 g/mol. The fourth-order valence-electron chi connectivity index (χ4n) is 2.37. The molecule has 0 fully saturated rings. The average Bonchev–Trinajstić information content (AvgIpc) is 3.16. The fraction of sp³-hybridized carbons (Fsp3) is 0.0952. The van der Waals surface area contributed by atoms with Gasteiger partial charge in [0.1, 0.15) is 6.61 Å². The van der Waals surface area contributed by atoms with E-state index in [0.717, 1.165) is 0 Å². The minimum Gasteiger partial charge on any atom is -0.456 e. The highest BCUT2D eigenvalue weighted by atomic mass is 35.5. The van der Waals surface area contributed by atoms with Gasteiger partial charge in [0.15, 0.2) is 6.61 Å². The van der Waals surface area contributed by atoms with Gasteiger partial charge in [-0.3, -0.25) is 5.10 Å². The molecule has 0 saturated carbocycles. The van der Waals surface area contributed by atoms with Crippen molar-refractivity contribution in [2.24, 2.45) is 0 Å². The number of benzene rings is 2. The largest absolute Gasteiger partial charge is 0.456 e. The highest BCUT2D eigenvalue weighted by Gasteiger charge is 2.14. The number of hydrogen-bond acceptors (Lipinski definition) is 5. The van der Waals surface area contributed by atoms with E-state index in [-0.39, 0.29) is 34.4 Å². The van der Waals surface area contributed by atoms with Gasteiger partial charge in [0, 0.05) is 10.0 Å². The maximum Gasteiger partial charge on any atom is 0.340 e. The minimum atomic E-state index is -0.628. The number of nitrogens with one attached hydrogen (secondary N) is 1. The molecule has 0 radical (unpaired) electrons. The first-order chi connectivity index (χ1) is 14.8. The first-order valence-electron chi connectivity index (χ1n) is 8.60. The van der Waals surface area contributed by atoms with Crippen molar-refractivity contribution in [3.05, 3.63) is 85.1 Å². The smallest absolute Gasteiger partial charge is 0.340 e. The van der Waals surface area contributed by atoms with Crippen molar-refractivity contribution in [3.63, 3.8) is 0 Å². The molecule has 1 heterocycles. The van der Waals surface area contributed by atoms with Crippen LogP contribution in [0.3, 0.4) is 0 Å². The second kappa shape index (κ2) is 10.6. The summed E-state index contributed by atoms with van der Waals surface area (Å²) in [5.41, 5.74) is 1.32. The number of nitrogens with zero attached hydrogens (tertiary/aromatic N) is 1. The second-order valence-corrected chi connectivity index (χ2v) is 7.65. The molecule has 0 unspecified atom stereocenters. The van der Waals surface area contributed by atoms with Gasteiger partial charge in [0.05, 0.1) is 38.6 Å². The van der Waals surface area contributed by atoms with Crippen LogP contribution < -0.4 is 0 Å². The molecular formula is C21H12Cl4N2O4. The van der Waals surface area contributed by atoms with Gasteiger partial charge in [-0.15, -0.1) is 0 Å². The third-order valence-corrected chi connectivity index (χ3v) is 4.96. The SMILES string of the molecule is O=C(OCC#Cc1cn[nH]c1COC(=O)c1ccc(Cl)cc1Cl)c1ccc(Cl)cc1Cl. The van der Waals surface area contributed by atoms with E-state index in [1.54, 1.807) is 0 Å². The lowest BCUT2D eigenvalue weighted by molar-refractivity contribution is 0.0466. The third-order valence-electron chi connectivity index (χ3n) is 3.87. The van der Waals surface area contributed by atoms with Gasteiger partial charge in [0.25, 0.3) is 0 Å². The predicted octanol–water partition coefficient (Wildman–Crippen LogP) is 5.59. The number of esters is 2. The lowest BCUT2D eigenvalue weighted by Gasteiger charge is -2.06. The van der Waals surface area contributed by atoms with E-state index >= 15 is 0 Å². The highest BCUT2D eigenvalue weighted by Crippen LogP contribution is 2.23. The van der Waals surface area contributed by atoms with E-state index < -0.39 is 11.9 Å². The van der Waals surface area contributed by atoms with Gasteiger partial charge in [0.2, 0.25) is 0 Å². The van der Waals surface area contributed by atoms with E-state index in [1.165, 1.54) is 42.6 Å². The molecule has 0 amide bonds. The quantitative estimate of drug-likeness (QED) is 0.367. The van der Waals surface area contributed by atoms with Crippen molar-refractivity contribution in [2.45, 2.75) is 6.61 Å². The molecule has 0 aliphatic heterocycles. The number of hydrogen-bond donors (Lipinski definition) is 1. The number of aromatic amines is 1. The summed E-state index contributed by atoms with van der Waals surface area (Å²) in [4.78, 5) is 24.3. The Morgan fingerprint density at radius 2 is 1.48 bits per heavy atom. The summed E-state index contributed by atoms with van der Waals surface area (Å²) in [7, 11) is 0. The molecule has 0 atom stereocenters. The molecule has 0 aliphatic carbocycles. The topological polar surface area (TPSA) is 81.3 Å². The summed E-state index contributed by atoms with van der Waals surface area (Å²) in [6, 6.07) is 8.91. The molecule has 3 rings (SSSR count). The molecule has 158 valence electrons. The Kier molecular flexibility index (Phi) is 7.83. The first-order valence-corrected chi connectivity index (χ1v) is 10.1. The molecule has 10 heteroatoms. The summed E-state index contributed by atoms with van der Waals surface area (Å²) in [6.45, 7) is -0.287. The standard InChI is InChI=1S/C21H12Cl4N2O4/c22-13-3-5-15(17(24)8-13)20(28)30-7-1-2-12-10-26-27-19(12)11-31-21(29)16-6-4-14(23)9-18(16)25/h3-6,8-10H,7,11H2,(H,26,27). The zero-order valence-corrected chi connectivity index (χ0v) is 18.6. The first kappa shape index (κ1) is 23.0. The predicted molar refractivity (Wildman–Crippen MR) is 118 cm³/mol. The van der Waals surface area contributed by atoms with Crippen molar-refractivity contribution >= 4 is 58.3 Å². The second-order valence-electron chi connectivity index (χ2n) is 5.96. The molecule has 6 nitrogen and oxygen atoms in total. The molecule has 3 aromatic rings. The number of halogens is 4. The minimum absolute atomic E-state index is 0.109. The van der Waals surface area contributed by atoms with Crippen molar-refractivity contribution in [2.75, 3.05) is 6.61 Å². The molecule has 0 spiro atoms. The van der Waals surface area contributed by atoms with Crippen molar-refractivity contribution in [1.82, 2.24) is 10.2 Å². The summed E-state index contributed by atoms with van der Waals surface area (Å²) in [5, 5.41) is 7.78. The van der Waals surface area contributed by atoms with Gasteiger partial charge >= 0.3 is 11.9 Å². The van der Waals surface area contributed by atoms with Crippen molar-refractivity contribution in [1.29, 1.82) is 0 Å². The Morgan fingerprint density at radius 1 is 0.903 bits per heavy atom. The van der Waals surface area contributed by atoms with Gasteiger partial charge in [-0.2, -0.15) is 5.10 Å². The number of aromatic nitrogens is 2. The van der Waals surface area contributed by atoms with Crippen LogP contribution in [0.1, 0.15) is 32.0 Å². The van der Waals surface area contributed by atoms with Crippen LogP contribution in [-0.4, -0.2) is 28.7 Å². The zero-order chi connectivity index (χ0) is 22.4. The number of H-pyrrole nitrogens is 1. The summed E-state index contributed by atoms with van der Waals surface area (Å²) < 4.78 is 10.3. The maximum absolute atomic E-state index is 12.2. The molecular weight excluding hydrogens is 486 g/mol. The van der Waals surface area contributed by atoms with Crippen molar-refractivity contribution in [3.8, 4) is 11.8 Å². The van der Waals surface area contributed by atoms with Crippen LogP contribution >= 0.6 is 46.4 Å². The molecule has 31 heavy (non-hydrogen) atoms. The number of carbonyl (C=O) groups is 2. The van der Waals surface area contributed by atoms with Crippen LogP contribution in [0.2, 0.25) is 20.1 Å². The van der Waals surface area contributed by atoms with Crippen LogP contribution in [0, 0.1) is 11.8 Å². The van der Waals surface area contributed by atoms with Crippen LogP contribution in [0.4, 0.5) is 0 Å². The lowest BCUT2D eigenvalue weighted by atomic mass is 10.2. The van der Waals surface area contributed by atoms with Crippen LogP contribution in [0.15, 0.2) is 42.6 Å². The molecule has 1 aromatic heterocycles. The van der Waals surface area contributed by atoms with Gasteiger partial charge in [-0.1, -0.05) is 58.2 Å². The fourth-order valence-corrected chi connectivity index (χ4v) is 3.34. The van der Waals surface area contributed by atoms with E-state index in [2.05, 4.69) is 22.0 Å². The molecule has 1 N–H and O–H groups in total.